The molecule has 1 rings (SSSR count). The largest absolute Gasteiger partial charge is 0.401 e. The molecular formula is C9H15F3N4. The first-order valence-electron chi connectivity index (χ1n) is 4.78. The molecule has 0 unspecified atom stereocenters. The minimum atomic E-state index is -4.19. The van der Waals surface area contributed by atoms with Gasteiger partial charge in [-0.25, -0.2) is 4.98 Å². The molecule has 1 aromatic rings. The van der Waals surface area contributed by atoms with Crippen molar-refractivity contribution < 1.29 is 13.2 Å². The van der Waals surface area contributed by atoms with E-state index in [-0.39, 0.29) is 6.54 Å². The molecule has 0 saturated carbocycles. The summed E-state index contributed by atoms with van der Waals surface area (Å²) in [5.41, 5.74) is 4.94. The van der Waals surface area contributed by atoms with Gasteiger partial charge < -0.3 is 15.6 Å². The molecule has 4 nitrogen and oxygen atoms in total. The zero-order valence-electron chi connectivity index (χ0n) is 9.17. The Kier molecular flexibility index (Phi) is 3.47. The normalized spacial score (nSPS) is 13.1. The molecular weight excluding hydrogens is 221 g/mol. The van der Waals surface area contributed by atoms with E-state index in [0.29, 0.717) is 5.82 Å². The van der Waals surface area contributed by atoms with Crippen molar-refractivity contribution in [3.63, 3.8) is 0 Å². The number of hydrogen-bond acceptors (Lipinski definition) is 3. The van der Waals surface area contributed by atoms with Gasteiger partial charge in [-0.05, 0) is 13.8 Å². The molecule has 0 aliphatic rings. The first-order chi connectivity index (χ1) is 7.21. The lowest BCUT2D eigenvalue weighted by molar-refractivity contribution is -0.125. The zero-order chi connectivity index (χ0) is 12.4. The van der Waals surface area contributed by atoms with Gasteiger partial charge in [0.15, 0.2) is 0 Å². The minimum absolute atomic E-state index is 0.183. The fourth-order valence-electron chi connectivity index (χ4n) is 1.27. The van der Waals surface area contributed by atoms with Gasteiger partial charge in [-0.15, -0.1) is 0 Å². The highest BCUT2D eigenvalue weighted by Crippen LogP contribution is 2.17. The van der Waals surface area contributed by atoms with Gasteiger partial charge in [0.05, 0.1) is 18.4 Å². The van der Waals surface area contributed by atoms with Crippen LogP contribution in [-0.4, -0.2) is 28.8 Å². The average Bonchev–Trinajstić information content (AvgIpc) is 2.49. The van der Waals surface area contributed by atoms with Gasteiger partial charge >= 0.3 is 6.18 Å². The fraction of sp³-hybridized carbons (Fsp3) is 0.667. The van der Waals surface area contributed by atoms with Crippen molar-refractivity contribution in [3.05, 3.63) is 12.5 Å². The number of aromatic nitrogens is 2. The molecule has 1 aromatic heterocycles. The second-order valence-corrected chi connectivity index (χ2v) is 4.24. The number of hydrogen-bond donors (Lipinski definition) is 2. The van der Waals surface area contributed by atoms with Crippen LogP contribution in [0.5, 0.6) is 0 Å². The lowest BCUT2D eigenvalue weighted by atomic mass is 10.1. The highest BCUT2D eigenvalue weighted by molar-refractivity contribution is 5.23. The topological polar surface area (TPSA) is 55.9 Å². The second-order valence-electron chi connectivity index (χ2n) is 4.24. The molecule has 0 aliphatic carbocycles. The van der Waals surface area contributed by atoms with E-state index in [2.05, 4.69) is 10.3 Å². The second kappa shape index (κ2) is 4.32. The van der Waals surface area contributed by atoms with Crippen molar-refractivity contribution in [1.82, 2.24) is 14.9 Å². The molecule has 0 saturated heterocycles. The van der Waals surface area contributed by atoms with Crippen LogP contribution in [0.15, 0.2) is 12.5 Å². The molecule has 0 aliphatic heterocycles. The first-order valence-corrected chi connectivity index (χ1v) is 4.78. The highest BCUT2D eigenvalue weighted by atomic mass is 19.4. The summed E-state index contributed by atoms with van der Waals surface area (Å²) >= 11 is 0. The van der Waals surface area contributed by atoms with Crippen LogP contribution in [-0.2, 0) is 5.54 Å². The fourth-order valence-corrected chi connectivity index (χ4v) is 1.27. The van der Waals surface area contributed by atoms with Crippen LogP contribution >= 0.6 is 0 Å². The Hall–Kier alpha value is -1.24. The maximum absolute atomic E-state index is 11.9. The summed E-state index contributed by atoms with van der Waals surface area (Å²) < 4.78 is 37.5. The smallest absolute Gasteiger partial charge is 0.382 e. The van der Waals surface area contributed by atoms with E-state index < -0.39 is 18.3 Å². The SMILES string of the molecule is CC(C)(CNCC(F)(F)F)n1cnc(N)c1. The molecule has 16 heavy (non-hydrogen) atoms. The maximum Gasteiger partial charge on any atom is 0.401 e. The Morgan fingerprint density at radius 1 is 1.38 bits per heavy atom. The molecule has 92 valence electrons. The predicted molar refractivity (Wildman–Crippen MR) is 54.9 cm³/mol. The quantitative estimate of drug-likeness (QED) is 0.829. The lowest BCUT2D eigenvalue weighted by Gasteiger charge is -2.27. The summed E-state index contributed by atoms with van der Waals surface area (Å²) in [5, 5.41) is 2.36. The molecule has 0 radical (unpaired) electrons. The van der Waals surface area contributed by atoms with E-state index in [1.165, 1.54) is 6.33 Å². The summed E-state index contributed by atoms with van der Waals surface area (Å²) in [6.07, 6.45) is -1.09. The Morgan fingerprint density at radius 3 is 2.44 bits per heavy atom. The lowest BCUT2D eigenvalue weighted by Crippen LogP contribution is -2.41. The first kappa shape index (κ1) is 12.8. The van der Waals surface area contributed by atoms with Gasteiger partial charge in [0.2, 0.25) is 0 Å². The van der Waals surface area contributed by atoms with E-state index in [1.807, 2.05) is 0 Å². The van der Waals surface area contributed by atoms with E-state index >= 15 is 0 Å². The van der Waals surface area contributed by atoms with Crippen LogP contribution in [0.2, 0.25) is 0 Å². The van der Waals surface area contributed by atoms with E-state index in [4.69, 9.17) is 5.73 Å². The van der Waals surface area contributed by atoms with Crippen molar-refractivity contribution in [3.8, 4) is 0 Å². The van der Waals surface area contributed by atoms with Gasteiger partial charge in [0.1, 0.15) is 5.82 Å². The number of nitrogens with one attached hydrogen (secondary N) is 1. The monoisotopic (exact) mass is 236 g/mol. The average molecular weight is 236 g/mol. The number of nitrogens with two attached hydrogens (primary N) is 1. The van der Waals surface area contributed by atoms with Crippen LogP contribution in [0, 0.1) is 0 Å². The van der Waals surface area contributed by atoms with Crippen molar-refractivity contribution in [2.75, 3.05) is 18.8 Å². The van der Waals surface area contributed by atoms with Crippen molar-refractivity contribution in [2.45, 2.75) is 25.6 Å². The number of rotatable bonds is 4. The number of halogens is 3. The van der Waals surface area contributed by atoms with Crippen LogP contribution in [0.25, 0.3) is 0 Å². The van der Waals surface area contributed by atoms with Crippen LogP contribution < -0.4 is 11.1 Å². The Bertz CT molecular complexity index is 343. The van der Waals surface area contributed by atoms with Crippen LogP contribution in [0.1, 0.15) is 13.8 Å². The van der Waals surface area contributed by atoms with Gasteiger partial charge in [-0.3, -0.25) is 0 Å². The third kappa shape index (κ3) is 3.73. The van der Waals surface area contributed by atoms with Crippen molar-refractivity contribution in [2.24, 2.45) is 0 Å². The van der Waals surface area contributed by atoms with E-state index in [0.717, 1.165) is 0 Å². The van der Waals surface area contributed by atoms with Gasteiger partial charge in [-0.2, -0.15) is 13.2 Å². The molecule has 7 heteroatoms. The summed E-state index contributed by atoms with van der Waals surface area (Å²) in [5.74, 6) is 0.351. The van der Waals surface area contributed by atoms with Gasteiger partial charge in [0.25, 0.3) is 0 Å². The summed E-state index contributed by atoms with van der Waals surface area (Å²) in [7, 11) is 0. The number of imidazole rings is 1. The van der Waals surface area contributed by atoms with E-state index in [1.54, 1.807) is 24.6 Å². The minimum Gasteiger partial charge on any atom is -0.382 e. The molecule has 0 amide bonds. The molecule has 0 atom stereocenters. The zero-order valence-corrected chi connectivity index (χ0v) is 9.17. The molecule has 0 aromatic carbocycles. The summed E-state index contributed by atoms with van der Waals surface area (Å²) in [6, 6.07) is 0. The molecule has 0 fully saturated rings. The third-order valence-corrected chi connectivity index (χ3v) is 2.18. The molecule has 1 heterocycles. The van der Waals surface area contributed by atoms with Gasteiger partial charge in [0, 0.05) is 12.7 Å². The van der Waals surface area contributed by atoms with Gasteiger partial charge in [-0.1, -0.05) is 0 Å². The molecule has 0 bridgehead atoms. The summed E-state index contributed by atoms with van der Waals surface area (Å²) in [6.45, 7) is 2.79. The Labute approximate surface area is 91.6 Å². The maximum atomic E-state index is 11.9. The van der Waals surface area contributed by atoms with Crippen LogP contribution in [0.4, 0.5) is 19.0 Å². The molecule has 3 N–H and O–H groups in total. The number of nitrogens with zero attached hydrogens (tertiary/aromatic N) is 2. The predicted octanol–water partition coefficient (Wildman–Crippen LogP) is 1.35. The number of nitrogen functional groups attached to an aromatic ring is 1. The molecule has 0 spiro atoms. The Morgan fingerprint density at radius 2 is 2.00 bits per heavy atom. The van der Waals surface area contributed by atoms with Crippen LogP contribution in [0.3, 0.4) is 0 Å². The van der Waals surface area contributed by atoms with E-state index in [9.17, 15) is 13.2 Å². The Balaban J connectivity index is 2.52. The standard InChI is InChI=1S/C9H15F3N4/c1-8(2,4-14-5-9(10,11)12)16-3-7(13)15-6-16/h3,6,14H,4-5,13H2,1-2H3. The highest BCUT2D eigenvalue weighted by Gasteiger charge is 2.28. The van der Waals surface area contributed by atoms with Crippen molar-refractivity contribution in [1.29, 1.82) is 0 Å². The summed E-state index contributed by atoms with van der Waals surface area (Å²) in [4.78, 5) is 3.83. The number of alkyl halides is 3. The number of anilines is 1. The van der Waals surface area contributed by atoms with Crippen molar-refractivity contribution >= 4 is 5.82 Å². The third-order valence-electron chi connectivity index (χ3n) is 2.18.